The molecular weight excluding hydrogens is 258 g/mol. The van der Waals surface area contributed by atoms with Crippen LogP contribution in [0.5, 0.6) is 0 Å². The summed E-state index contributed by atoms with van der Waals surface area (Å²) in [5.74, 6) is 0.724. The van der Waals surface area contributed by atoms with Crippen molar-refractivity contribution in [1.82, 2.24) is 14.5 Å². The molecule has 0 spiro atoms. The molecule has 7 nitrogen and oxygen atoms in total. The molecular formula is C13H21N5O2. The molecule has 1 unspecified atom stereocenters. The van der Waals surface area contributed by atoms with Crippen LogP contribution in [0.25, 0.3) is 0 Å². The van der Waals surface area contributed by atoms with E-state index >= 15 is 0 Å². The third-order valence-electron chi connectivity index (χ3n) is 4.32. The van der Waals surface area contributed by atoms with Crippen LogP contribution in [0.2, 0.25) is 0 Å². The fourth-order valence-electron chi connectivity index (χ4n) is 2.85. The maximum Gasteiger partial charge on any atom is 0.329 e. The van der Waals surface area contributed by atoms with E-state index in [1.54, 1.807) is 7.05 Å². The number of hydrogen-bond donors (Lipinski definition) is 3. The largest absolute Gasteiger partial charge is 0.383 e. The molecule has 1 aromatic heterocycles. The molecule has 2 aliphatic rings. The normalized spacial score (nSPS) is 23.1. The Hall–Kier alpha value is -1.76. The van der Waals surface area contributed by atoms with E-state index in [4.69, 9.17) is 5.73 Å². The quantitative estimate of drug-likeness (QED) is 0.694. The lowest BCUT2D eigenvalue weighted by atomic mass is 10.1. The number of anilines is 2. The molecule has 7 heteroatoms. The summed E-state index contributed by atoms with van der Waals surface area (Å²) in [4.78, 5) is 28.0. The van der Waals surface area contributed by atoms with Crippen LogP contribution in [0.4, 0.5) is 11.5 Å². The van der Waals surface area contributed by atoms with Crippen molar-refractivity contribution in [3.8, 4) is 0 Å². The van der Waals surface area contributed by atoms with Crippen LogP contribution in [-0.4, -0.2) is 40.1 Å². The molecule has 1 aromatic rings. The lowest BCUT2D eigenvalue weighted by molar-refractivity contribution is 0.316. The number of nitrogen functional groups attached to an aromatic ring is 1. The number of likely N-dealkylation sites (tertiary alicyclic amines) is 1. The van der Waals surface area contributed by atoms with E-state index in [-0.39, 0.29) is 5.82 Å². The molecule has 2 fully saturated rings. The number of aromatic amines is 1. The number of hydrogen-bond acceptors (Lipinski definition) is 5. The lowest BCUT2D eigenvalue weighted by Gasteiger charge is -2.16. The average Bonchev–Trinajstić information content (AvgIpc) is 3.16. The van der Waals surface area contributed by atoms with Gasteiger partial charge in [-0.3, -0.25) is 14.3 Å². The molecule has 0 aromatic carbocycles. The third kappa shape index (κ3) is 2.45. The van der Waals surface area contributed by atoms with E-state index in [0.29, 0.717) is 18.2 Å². The molecule has 0 amide bonds. The van der Waals surface area contributed by atoms with Crippen molar-refractivity contribution in [2.75, 3.05) is 30.7 Å². The highest BCUT2D eigenvalue weighted by Crippen LogP contribution is 2.31. The Labute approximate surface area is 116 Å². The maximum absolute atomic E-state index is 11.8. The van der Waals surface area contributed by atoms with Gasteiger partial charge < -0.3 is 16.0 Å². The molecule has 20 heavy (non-hydrogen) atoms. The second-order valence-electron chi connectivity index (χ2n) is 5.84. The second-order valence-corrected chi connectivity index (χ2v) is 5.84. The van der Waals surface area contributed by atoms with E-state index in [1.807, 2.05) is 0 Å². The molecule has 2 heterocycles. The zero-order valence-corrected chi connectivity index (χ0v) is 11.7. The van der Waals surface area contributed by atoms with Gasteiger partial charge in [0, 0.05) is 26.2 Å². The van der Waals surface area contributed by atoms with Crippen LogP contribution in [-0.2, 0) is 7.05 Å². The topological polar surface area (TPSA) is 96.2 Å². The van der Waals surface area contributed by atoms with Crippen molar-refractivity contribution in [3.63, 3.8) is 0 Å². The van der Waals surface area contributed by atoms with Crippen LogP contribution >= 0.6 is 0 Å². The zero-order chi connectivity index (χ0) is 14.3. The van der Waals surface area contributed by atoms with Crippen molar-refractivity contribution < 1.29 is 0 Å². The summed E-state index contributed by atoms with van der Waals surface area (Å²) in [6, 6.07) is 0.797. The van der Waals surface area contributed by atoms with Gasteiger partial charge in [0.05, 0.1) is 0 Å². The molecule has 1 saturated heterocycles. The van der Waals surface area contributed by atoms with E-state index in [9.17, 15) is 9.59 Å². The first-order valence-corrected chi connectivity index (χ1v) is 7.13. The van der Waals surface area contributed by atoms with Crippen molar-refractivity contribution in [2.24, 2.45) is 13.0 Å². The molecule has 4 N–H and O–H groups in total. The SMILES string of the molecule is Cn1c(N)c(NCC2CCN(C3CC3)C2)c(=O)[nH]c1=O. The maximum atomic E-state index is 11.8. The van der Waals surface area contributed by atoms with Gasteiger partial charge in [0.25, 0.3) is 5.56 Å². The van der Waals surface area contributed by atoms with Crippen molar-refractivity contribution in [3.05, 3.63) is 20.8 Å². The first-order valence-electron chi connectivity index (χ1n) is 7.13. The summed E-state index contributed by atoms with van der Waals surface area (Å²) in [5, 5.41) is 3.12. The molecule has 1 saturated carbocycles. The Morgan fingerprint density at radius 3 is 2.80 bits per heavy atom. The van der Waals surface area contributed by atoms with Gasteiger partial charge in [0.1, 0.15) is 11.5 Å². The van der Waals surface area contributed by atoms with Gasteiger partial charge >= 0.3 is 5.69 Å². The van der Waals surface area contributed by atoms with Gasteiger partial charge in [-0.1, -0.05) is 0 Å². The lowest BCUT2D eigenvalue weighted by Crippen LogP contribution is -2.33. The Bertz CT molecular complexity index is 616. The molecule has 3 rings (SSSR count). The summed E-state index contributed by atoms with van der Waals surface area (Å²) in [5.41, 5.74) is 5.20. The summed E-state index contributed by atoms with van der Waals surface area (Å²) >= 11 is 0. The fourth-order valence-corrected chi connectivity index (χ4v) is 2.85. The van der Waals surface area contributed by atoms with Gasteiger partial charge in [0.2, 0.25) is 0 Å². The Morgan fingerprint density at radius 2 is 2.10 bits per heavy atom. The minimum absolute atomic E-state index is 0.191. The minimum atomic E-state index is -0.487. The second kappa shape index (κ2) is 4.97. The fraction of sp³-hybridized carbons (Fsp3) is 0.692. The highest BCUT2D eigenvalue weighted by atomic mass is 16.2. The minimum Gasteiger partial charge on any atom is -0.383 e. The van der Waals surface area contributed by atoms with Crippen molar-refractivity contribution >= 4 is 11.5 Å². The molecule has 110 valence electrons. The molecule has 0 radical (unpaired) electrons. The summed E-state index contributed by atoms with van der Waals surface area (Å²) in [6.07, 6.45) is 3.80. The van der Waals surface area contributed by atoms with Crippen LogP contribution in [0.15, 0.2) is 9.59 Å². The number of nitrogens with zero attached hydrogens (tertiary/aromatic N) is 2. The van der Waals surface area contributed by atoms with E-state index in [0.717, 1.165) is 25.6 Å². The summed E-state index contributed by atoms with van der Waals surface area (Å²) < 4.78 is 1.24. The van der Waals surface area contributed by atoms with Crippen LogP contribution < -0.4 is 22.3 Å². The van der Waals surface area contributed by atoms with Crippen LogP contribution in [0, 0.1) is 5.92 Å². The molecule has 1 aliphatic heterocycles. The number of rotatable bonds is 4. The Kier molecular flexibility index (Phi) is 3.29. The average molecular weight is 279 g/mol. The summed E-state index contributed by atoms with van der Waals surface area (Å²) in [7, 11) is 1.54. The zero-order valence-electron chi connectivity index (χ0n) is 11.7. The predicted molar refractivity (Wildman–Crippen MR) is 77.9 cm³/mol. The standard InChI is InChI=1S/C13H21N5O2/c1-17-11(14)10(12(19)16-13(17)20)15-6-8-4-5-18(7-8)9-2-3-9/h8-9,15H,2-7,14H2,1H3,(H,16,19,20). The highest BCUT2D eigenvalue weighted by Gasteiger charge is 2.34. The smallest absolute Gasteiger partial charge is 0.329 e. The van der Waals surface area contributed by atoms with E-state index < -0.39 is 11.2 Å². The van der Waals surface area contributed by atoms with Crippen molar-refractivity contribution in [2.45, 2.75) is 25.3 Å². The first kappa shape index (κ1) is 13.2. The van der Waals surface area contributed by atoms with Crippen LogP contribution in [0.3, 0.4) is 0 Å². The Balaban J connectivity index is 1.65. The van der Waals surface area contributed by atoms with Crippen LogP contribution in [0.1, 0.15) is 19.3 Å². The molecule has 1 aliphatic carbocycles. The van der Waals surface area contributed by atoms with Gasteiger partial charge in [-0.2, -0.15) is 0 Å². The van der Waals surface area contributed by atoms with Gasteiger partial charge in [-0.15, -0.1) is 0 Å². The van der Waals surface area contributed by atoms with E-state index in [2.05, 4.69) is 15.2 Å². The number of nitrogens with one attached hydrogen (secondary N) is 2. The number of aromatic nitrogens is 2. The Morgan fingerprint density at radius 1 is 1.35 bits per heavy atom. The van der Waals surface area contributed by atoms with E-state index in [1.165, 1.54) is 17.4 Å². The van der Waals surface area contributed by atoms with Gasteiger partial charge in [-0.05, 0) is 31.7 Å². The third-order valence-corrected chi connectivity index (χ3v) is 4.32. The van der Waals surface area contributed by atoms with Gasteiger partial charge in [-0.25, -0.2) is 4.79 Å². The van der Waals surface area contributed by atoms with Gasteiger partial charge in [0.15, 0.2) is 0 Å². The molecule has 0 bridgehead atoms. The number of nitrogens with two attached hydrogens (primary N) is 1. The monoisotopic (exact) mass is 279 g/mol. The summed E-state index contributed by atoms with van der Waals surface area (Å²) in [6.45, 7) is 2.95. The first-order chi connectivity index (χ1) is 9.56. The number of H-pyrrole nitrogens is 1. The van der Waals surface area contributed by atoms with Crippen molar-refractivity contribution in [1.29, 1.82) is 0 Å². The predicted octanol–water partition coefficient (Wildman–Crippen LogP) is -0.448. The highest BCUT2D eigenvalue weighted by molar-refractivity contribution is 5.60. The molecule has 1 atom stereocenters.